The lowest BCUT2D eigenvalue weighted by Crippen LogP contribution is -2.34. The molecule has 0 aromatic heterocycles. The average Bonchev–Trinajstić information content (AvgIpc) is 2.16. The molecule has 8 N–H and O–H groups in total. The van der Waals surface area contributed by atoms with Gasteiger partial charge in [-0.05, 0) is 0 Å². The van der Waals surface area contributed by atoms with E-state index in [1.165, 1.54) is 0 Å². The molecule has 0 aromatic rings. The molecule has 0 bridgehead atoms. The summed E-state index contributed by atoms with van der Waals surface area (Å²) in [5.41, 5.74) is 9.57. The molecule has 0 rings (SSSR count). The van der Waals surface area contributed by atoms with E-state index in [0.717, 1.165) is 0 Å². The van der Waals surface area contributed by atoms with E-state index in [2.05, 4.69) is 5.73 Å². The Morgan fingerprint density at radius 1 is 1.20 bits per heavy atom. The zero-order chi connectivity index (χ0) is 12.4. The van der Waals surface area contributed by atoms with E-state index in [4.69, 9.17) is 26.2 Å². The molecule has 90 valence electrons. The van der Waals surface area contributed by atoms with Crippen LogP contribution >= 0.6 is 0 Å². The van der Waals surface area contributed by atoms with Crippen LogP contribution in [0.1, 0.15) is 6.42 Å². The summed E-state index contributed by atoms with van der Waals surface area (Å²) in [7, 11) is 0. The molecule has 0 saturated heterocycles. The topological polar surface area (TPSA) is 167 Å². The molecule has 0 saturated carbocycles. The van der Waals surface area contributed by atoms with Crippen molar-refractivity contribution in [1.29, 1.82) is 0 Å². The molecule has 1 amide bonds. The summed E-state index contributed by atoms with van der Waals surface area (Å²) >= 11 is 0. The summed E-state index contributed by atoms with van der Waals surface area (Å²) in [5.74, 6) is -1.92. The fraction of sp³-hybridized carbons (Fsp3) is 0.714. The van der Waals surface area contributed by atoms with Gasteiger partial charge in [-0.3, -0.25) is 9.59 Å². The molecule has 0 radical (unpaired) electrons. The van der Waals surface area contributed by atoms with Crippen LogP contribution < -0.4 is 11.5 Å². The quantitative estimate of drug-likeness (QED) is 0.283. The molecule has 0 heterocycles. The molecular formula is C7H16N2O6. The van der Waals surface area contributed by atoms with Crippen LogP contribution in [0.4, 0.5) is 0 Å². The van der Waals surface area contributed by atoms with Gasteiger partial charge in [-0.25, -0.2) is 0 Å². The fourth-order valence-electron chi connectivity index (χ4n) is 0.362. The first-order valence-electron chi connectivity index (χ1n) is 4.01. The minimum atomic E-state index is -1.21. The molecule has 1 atom stereocenters. The summed E-state index contributed by atoms with van der Waals surface area (Å²) in [6.07, 6.45) is -1.26. The van der Waals surface area contributed by atoms with E-state index in [1.54, 1.807) is 0 Å². The first-order chi connectivity index (χ1) is 6.84. The second kappa shape index (κ2) is 9.34. The zero-order valence-corrected chi connectivity index (χ0v) is 8.04. The van der Waals surface area contributed by atoms with Crippen LogP contribution in [0.2, 0.25) is 0 Å². The molecular weight excluding hydrogens is 208 g/mol. The van der Waals surface area contributed by atoms with Gasteiger partial charge in [0.25, 0.3) is 0 Å². The van der Waals surface area contributed by atoms with Crippen LogP contribution in [-0.2, 0) is 9.59 Å². The number of hydrogen-bond acceptors (Lipinski definition) is 6. The van der Waals surface area contributed by atoms with Crippen molar-refractivity contribution >= 4 is 11.9 Å². The summed E-state index contributed by atoms with van der Waals surface area (Å²) in [6, 6.07) is -1.16. The Balaban J connectivity index is 0. The van der Waals surface area contributed by atoms with E-state index in [1.807, 2.05) is 0 Å². The Labute approximate surface area is 86.1 Å². The van der Waals surface area contributed by atoms with Crippen molar-refractivity contribution in [2.75, 3.05) is 13.2 Å². The van der Waals surface area contributed by atoms with Crippen molar-refractivity contribution in [2.24, 2.45) is 11.5 Å². The second-order valence-corrected chi connectivity index (χ2v) is 2.63. The molecule has 0 aliphatic carbocycles. The highest BCUT2D eigenvalue weighted by Crippen LogP contribution is 1.84. The Morgan fingerprint density at radius 3 is 1.67 bits per heavy atom. The molecule has 15 heavy (non-hydrogen) atoms. The van der Waals surface area contributed by atoms with Gasteiger partial charge in [-0.2, -0.15) is 0 Å². The summed E-state index contributed by atoms with van der Waals surface area (Å²) in [4.78, 5) is 19.9. The molecule has 1 unspecified atom stereocenters. The summed E-state index contributed by atoms with van der Waals surface area (Å²) in [5, 5.41) is 32.1. The first kappa shape index (κ1) is 16.2. The van der Waals surface area contributed by atoms with Gasteiger partial charge in [0.15, 0.2) is 0 Å². The molecule has 0 aliphatic rings. The minimum absolute atomic E-state index is 0.310. The van der Waals surface area contributed by atoms with Gasteiger partial charge in [-0.1, -0.05) is 0 Å². The summed E-state index contributed by atoms with van der Waals surface area (Å²) in [6.45, 7) is -0.729. The maximum absolute atomic E-state index is 9.99. The Bertz CT molecular complexity index is 194. The van der Waals surface area contributed by atoms with Crippen molar-refractivity contribution in [3.63, 3.8) is 0 Å². The highest BCUT2D eigenvalue weighted by molar-refractivity contribution is 5.83. The number of nitrogens with two attached hydrogens (primary N) is 2. The van der Waals surface area contributed by atoms with E-state index in [0.29, 0.717) is 0 Å². The van der Waals surface area contributed by atoms with Gasteiger partial charge >= 0.3 is 5.97 Å². The van der Waals surface area contributed by atoms with Crippen molar-refractivity contribution in [3.05, 3.63) is 0 Å². The van der Waals surface area contributed by atoms with E-state index in [-0.39, 0.29) is 19.6 Å². The molecule has 8 nitrogen and oxygen atoms in total. The van der Waals surface area contributed by atoms with E-state index < -0.39 is 24.0 Å². The maximum atomic E-state index is 9.99. The van der Waals surface area contributed by atoms with Gasteiger partial charge in [0.1, 0.15) is 12.1 Å². The van der Waals surface area contributed by atoms with Crippen LogP contribution in [0.25, 0.3) is 0 Å². The first-order valence-corrected chi connectivity index (χ1v) is 4.01. The number of primary amides is 1. The van der Waals surface area contributed by atoms with Crippen LogP contribution in [0.5, 0.6) is 0 Å². The molecule has 8 heteroatoms. The van der Waals surface area contributed by atoms with Gasteiger partial charge in [0.2, 0.25) is 5.91 Å². The number of aliphatic hydroxyl groups is 3. The smallest absolute Gasteiger partial charge is 0.321 e. The van der Waals surface area contributed by atoms with E-state index >= 15 is 0 Å². The number of carbonyl (C=O) groups is 2. The number of amides is 1. The van der Waals surface area contributed by atoms with Crippen molar-refractivity contribution in [1.82, 2.24) is 0 Å². The summed E-state index contributed by atoms with van der Waals surface area (Å²) < 4.78 is 0. The predicted octanol–water partition coefficient (Wildman–Crippen LogP) is -3.39. The van der Waals surface area contributed by atoms with Crippen LogP contribution in [0.15, 0.2) is 0 Å². The van der Waals surface area contributed by atoms with Crippen LogP contribution in [0, 0.1) is 0 Å². The third kappa shape index (κ3) is 12.8. The third-order valence-corrected chi connectivity index (χ3v) is 1.16. The van der Waals surface area contributed by atoms with Crippen LogP contribution in [-0.4, -0.2) is 57.7 Å². The van der Waals surface area contributed by atoms with Crippen LogP contribution in [0.3, 0.4) is 0 Å². The number of carboxylic acids is 1. The normalized spacial score (nSPS) is 11.5. The monoisotopic (exact) mass is 224 g/mol. The highest BCUT2D eigenvalue weighted by atomic mass is 16.4. The lowest BCUT2D eigenvalue weighted by Gasteiger charge is -1.99. The lowest BCUT2D eigenvalue weighted by atomic mass is 10.2. The number of carbonyl (C=O) groups excluding carboxylic acids is 1. The zero-order valence-electron chi connectivity index (χ0n) is 8.04. The highest BCUT2D eigenvalue weighted by Gasteiger charge is 2.13. The van der Waals surface area contributed by atoms with Crippen molar-refractivity contribution in [2.45, 2.75) is 18.6 Å². The van der Waals surface area contributed by atoms with Gasteiger partial charge in [0, 0.05) is 0 Å². The molecule has 0 aliphatic heterocycles. The van der Waals surface area contributed by atoms with Gasteiger partial charge < -0.3 is 31.9 Å². The number of rotatable bonds is 5. The minimum Gasteiger partial charge on any atom is -0.480 e. The standard InChI is InChI=1S/C4H8N2O3.C3H8O3/c5-2(4(8)9)1-3(6)7;4-1-3(6)2-5/h2H,1,5H2,(H2,6,7)(H,8,9);3-6H,1-2H2. The Kier molecular flexibility index (Phi) is 10.1. The maximum Gasteiger partial charge on any atom is 0.321 e. The average molecular weight is 224 g/mol. The predicted molar refractivity (Wildman–Crippen MR) is 49.6 cm³/mol. The van der Waals surface area contributed by atoms with Crippen molar-refractivity contribution < 1.29 is 30.0 Å². The number of aliphatic hydroxyl groups excluding tert-OH is 3. The number of hydrogen-bond donors (Lipinski definition) is 6. The number of aliphatic carboxylic acids is 1. The third-order valence-electron chi connectivity index (χ3n) is 1.16. The van der Waals surface area contributed by atoms with Gasteiger partial charge in [-0.15, -0.1) is 0 Å². The van der Waals surface area contributed by atoms with Gasteiger partial charge in [0.05, 0.1) is 19.6 Å². The molecule has 0 aromatic carbocycles. The lowest BCUT2D eigenvalue weighted by molar-refractivity contribution is -0.140. The van der Waals surface area contributed by atoms with Crippen molar-refractivity contribution in [3.8, 4) is 0 Å². The second-order valence-electron chi connectivity index (χ2n) is 2.63. The Morgan fingerprint density at radius 2 is 1.60 bits per heavy atom. The Hall–Kier alpha value is -1.22. The SMILES string of the molecule is NC(=O)CC(N)C(=O)O.OCC(O)CO. The fourth-order valence-corrected chi connectivity index (χ4v) is 0.362. The van der Waals surface area contributed by atoms with E-state index in [9.17, 15) is 9.59 Å². The molecule has 0 fully saturated rings. The largest absolute Gasteiger partial charge is 0.480 e. The molecule has 0 spiro atoms. The number of carboxylic acid groups (broad SMARTS) is 1.